The van der Waals surface area contributed by atoms with Gasteiger partial charge in [0.2, 0.25) is 0 Å². The Bertz CT molecular complexity index is 1230. The highest BCUT2D eigenvalue weighted by Gasteiger charge is 2.21. The lowest BCUT2D eigenvalue weighted by molar-refractivity contribution is 0.0950. The number of nitrogens with zero attached hydrogens (tertiary/aromatic N) is 2. The summed E-state index contributed by atoms with van der Waals surface area (Å²) >= 11 is 1.52. The van der Waals surface area contributed by atoms with Crippen molar-refractivity contribution in [1.82, 2.24) is 15.2 Å². The zero-order valence-corrected chi connectivity index (χ0v) is 21.4. The number of nitrogens with one attached hydrogen (secondary N) is 2. The van der Waals surface area contributed by atoms with Gasteiger partial charge in [-0.25, -0.2) is 4.98 Å². The van der Waals surface area contributed by atoms with Crippen LogP contribution in [0.5, 0.6) is 11.5 Å². The largest absolute Gasteiger partial charge is 0.493 e. The molecule has 36 heavy (non-hydrogen) atoms. The van der Waals surface area contributed by atoms with Crippen LogP contribution in [0.15, 0.2) is 42.5 Å². The van der Waals surface area contributed by atoms with Crippen molar-refractivity contribution in [1.29, 1.82) is 0 Å². The Balaban J connectivity index is 1.35. The van der Waals surface area contributed by atoms with Crippen molar-refractivity contribution in [2.75, 3.05) is 46.3 Å². The van der Waals surface area contributed by atoms with E-state index in [9.17, 15) is 9.59 Å². The summed E-state index contributed by atoms with van der Waals surface area (Å²) in [5.74, 6) is 0.553. The van der Waals surface area contributed by atoms with Crippen LogP contribution in [-0.4, -0.2) is 62.7 Å². The molecule has 2 N–H and O–H groups in total. The van der Waals surface area contributed by atoms with Crippen molar-refractivity contribution in [3.63, 3.8) is 0 Å². The van der Waals surface area contributed by atoms with Gasteiger partial charge in [0.15, 0.2) is 16.6 Å². The Morgan fingerprint density at radius 1 is 1.03 bits per heavy atom. The molecule has 0 radical (unpaired) electrons. The minimum absolute atomic E-state index is 0.231. The first-order chi connectivity index (χ1) is 17.5. The number of hydrogen-bond donors (Lipinski definition) is 2. The topological polar surface area (TPSA) is 102 Å². The number of carbonyl (C=O) groups is 2. The Labute approximate surface area is 214 Å². The van der Waals surface area contributed by atoms with Crippen LogP contribution in [0.3, 0.4) is 0 Å². The molecule has 2 amide bonds. The van der Waals surface area contributed by atoms with Crippen LogP contribution in [0, 0.1) is 0 Å². The van der Waals surface area contributed by atoms with Crippen LogP contribution in [-0.2, 0) is 24.2 Å². The number of thiazole rings is 1. The van der Waals surface area contributed by atoms with E-state index >= 15 is 0 Å². The molecule has 2 heterocycles. The zero-order chi connectivity index (χ0) is 25.5. The third kappa shape index (κ3) is 6.20. The predicted octanol–water partition coefficient (Wildman–Crippen LogP) is 3.35. The molecule has 0 unspecified atom stereocenters. The van der Waals surface area contributed by atoms with Gasteiger partial charge in [0.1, 0.15) is 0 Å². The number of fused-ring (bicyclic) bond motifs is 1. The third-order valence-corrected chi connectivity index (χ3v) is 6.93. The van der Waals surface area contributed by atoms with Gasteiger partial charge in [-0.15, -0.1) is 11.3 Å². The Morgan fingerprint density at radius 3 is 2.61 bits per heavy atom. The van der Waals surface area contributed by atoms with Gasteiger partial charge in [-0.05, 0) is 35.9 Å². The molecule has 1 aliphatic rings. The van der Waals surface area contributed by atoms with Crippen molar-refractivity contribution in [3.05, 3.63) is 69.7 Å². The second-order valence-electron chi connectivity index (χ2n) is 8.31. The zero-order valence-electron chi connectivity index (χ0n) is 20.6. The van der Waals surface area contributed by atoms with E-state index in [-0.39, 0.29) is 18.4 Å². The molecule has 0 fully saturated rings. The van der Waals surface area contributed by atoms with Gasteiger partial charge >= 0.3 is 0 Å². The fourth-order valence-electron chi connectivity index (χ4n) is 3.97. The summed E-state index contributed by atoms with van der Waals surface area (Å²) in [7, 11) is 4.77. The van der Waals surface area contributed by atoms with Gasteiger partial charge in [-0.1, -0.05) is 12.1 Å². The van der Waals surface area contributed by atoms with E-state index in [1.165, 1.54) is 23.3 Å². The maximum atomic E-state index is 12.9. The number of methoxy groups -OCH3 is 3. The van der Waals surface area contributed by atoms with Crippen LogP contribution in [0.2, 0.25) is 0 Å². The summed E-state index contributed by atoms with van der Waals surface area (Å²) in [5.41, 5.74) is 2.82. The minimum Gasteiger partial charge on any atom is -0.493 e. The smallest absolute Gasteiger partial charge is 0.257 e. The second-order valence-corrected chi connectivity index (χ2v) is 9.40. The van der Waals surface area contributed by atoms with Gasteiger partial charge in [0.05, 0.1) is 26.5 Å². The predicted molar refractivity (Wildman–Crippen MR) is 138 cm³/mol. The molecule has 0 saturated carbocycles. The van der Waals surface area contributed by atoms with Gasteiger partial charge in [0.25, 0.3) is 11.8 Å². The van der Waals surface area contributed by atoms with Crippen LogP contribution in [0.4, 0.5) is 5.13 Å². The van der Waals surface area contributed by atoms with Crippen molar-refractivity contribution < 1.29 is 23.8 Å². The van der Waals surface area contributed by atoms with Crippen molar-refractivity contribution in [2.24, 2.45) is 0 Å². The number of ether oxygens (including phenoxy) is 3. The Kier molecular flexibility index (Phi) is 8.52. The van der Waals surface area contributed by atoms with E-state index in [1.807, 2.05) is 6.07 Å². The van der Waals surface area contributed by atoms with Gasteiger partial charge < -0.3 is 19.5 Å². The minimum atomic E-state index is -0.251. The van der Waals surface area contributed by atoms with E-state index in [0.717, 1.165) is 37.3 Å². The Morgan fingerprint density at radius 2 is 1.83 bits per heavy atom. The standard InChI is InChI=1S/C26H30N4O5S/c1-33-12-11-30-10-9-20-23(16-30)36-26(28-20)29-25(32)18-6-4-5-17(13-18)15-27-24(31)19-7-8-21(34-2)22(14-19)35-3/h4-8,13-14H,9-12,15-16H2,1-3H3,(H,27,31)(H,28,29,32). The van der Waals surface area contributed by atoms with Crippen molar-refractivity contribution in [3.8, 4) is 11.5 Å². The first kappa shape index (κ1) is 25.6. The first-order valence-electron chi connectivity index (χ1n) is 11.6. The fraction of sp³-hybridized carbons (Fsp3) is 0.346. The number of aromatic nitrogens is 1. The van der Waals surface area contributed by atoms with Crippen LogP contribution >= 0.6 is 11.3 Å². The van der Waals surface area contributed by atoms with E-state index < -0.39 is 0 Å². The molecular formula is C26H30N4O5S. The van der Waals surface area contributed by atoms with Crippen LogP contribution in [0.1, 0.15) is 36.9 Å². The molecule has 190 valence electrons. The van der Waals surface area contributed by atoms with Crippen LogP contribution in [0.25, 0.3) is 0 Å². The molecule has 4 rings (SSSR count). The summed E-state index contributed by atoms with van der Waals surface area (Å²) in [6, 6.07) is 12.2. The molecule has 1 aromatic heterocycles. The van der Waals surface area contributed by atoms with Gasteiger partial charge in [-0.2, -0.15) is 0 Å². The molecule has 3 aromatic rings. The average molecular weight is 511 g/mol. The normalized spacial score (nSPS) is 13.1. The lowest BCUT2D eigenvalue weighted by Crippen LogP contribution is -2.32. The molecule has 1 aliphatic heterocycles. The van der Waals surface area contributed by atoms with Crippen molar-refractivity contribution in [2.45, 2.75) is 19.5 Å². The average Bonchev–Trinajstić information content (AvgIpc) is 3.31. The highest BCUT2D eigenvalue weighted by molar-refractivity contribution is 7.15. The number of amides is 2. The molecule has 10 heteroatoms. The number of rotatable bonds is 10. The quantitative estimate of drug-likeness (QED) is 0.431. The summed E-state index contributed by atoms with van der Waals surface area (Å²) in [6.45, 7) is 3.61. The lowest BCUT2D eigenvalue weighted by atomic mass is 10.1. The van der Waals surface area contributed by atoms with E-state index in [0.29, 0.717) is 34.4 Å². The maximum absolute atomic E-state index is 12.9. The molecule has 0 bridgehead atoms. The molecule has 0 saturated heterocycles. The second kappa shape index (κ2) is 12.0. The molecule has 9 nitrogen and oxygen atoms in total. The van der Waals surface area contributed by atoms with Gasteiger partial charge in [0, 0.05) is 55.7 Å². The van der Waals surface area contributed by atoms with E-state index in [2.05, 4.69) is 20.5 Å². The SMILES string of the molecule is COCCN1CCc2nc(NC(=O)c3cccc(CNC(=O)c4ccc(OC)c(OC)c4)c3)sc2C1. The number of benzene rings is 2. The molecule has 0 atom stereocenters. The molecule has 0 spiro atoms. The maximum Gasteiger partial charge on any atom is 0.257 e. The van der Waals surface area contributed by atoms with Gasteiger partial charge in [-0.3, -0.25) is 19.8 Å². The van der Waals surface area contributed by atoms with E-state index in [4.69, 9.17) is 14.2 Å². The molecular weight excluding hydrogens is 480 g/mol. The number of carbonyl (C=O) groups excluding carboxylic acids is 2. The molecule has 0 aliphatic carbocycles. The monoisotopic (exact) mass is 510 g/mol. The molecule has 2 aromatic carbocycles. The first-order valence-corrected chi connectivity index (χ1v) is 12.4. The summed E-state index contributed by atoms with van der Waals surface area (Å²) in [4.78, 5) is 33.6. The summed E-state index contributed by atoms with van der Waals surface area (Å²) < 4.78 is 15.7. The van der Waals surface area contributed by atoms with Crippen molar-refractivity contribution >= 4 is 28.3 Å². The third-order valence-electron chi connectivity index (χ3n) is 5.93. The summed E-state index contributed by atoms with van der Waals surface area (Å²) in [5, 5.41) is 6.41. The summed E-state index contributed by atoms with van der Waals surface area (Å²) in [6.07, 6.45) is 0.862. The Hall–Kier alpha value is -3.47. The number of anilines is 1. The van der Waals surface area contributed by atoms with Crippen LogP contribution < -0.4 is 20.1 Å². The van der Waals surface area contributed by atoms with E-state index in [1.54, 1.807) is 50.6 Å². The lowest BCUT2D eigenvalue weighted by Gasteiger charge is -2.25. The number of hydrogen-bond acceptors (Lipinski definition) is 8. The fourth-order valence-corrected chi connectivity index (χ4v) is 5.01. The highest BCUT2D eigenvalue weighted by Crippen LogP contribution is 2.29. The highest BCUT2D eigenvalue weighted by atomic mass is 32.1.